The van der Waals surface area contributed by atoms with E-state index in [1.807, 2.05) is 0 Å². The number of benzene rings is 4. The molecule has 10 heteroatoms. The van der Waals surface area contributed by atoms with Crippen molar-refractivity contribution in [2.75, 3.05) is 11.5 Å². The van der Waals surface area contributed by atoms with E-state index in [0.717, 1.165) is 12.1 Å². The summed E-state index contributed by atoms with van der Waals surface area (Å²) in [5.41, 5.74) is -0.852. The lowest BCUT2D eigenvalue weighted by molar-refractivity contribution is -0.274. The lowest BCUT2D eigenvalue weighted by atomic mass is 9.97. The Kier molecular flexibility index (Phi) is 8.35. The van der Waals surface area contributed by atoms with Crippen LogP contribution in [0.1, 0.15) is 22.7 Å². The van der Waals surface area contributed by atoms with Gasteiger partial charge >= 0.3 is 12.5 Å². The van der Waals surface area contributed by atoms with Crippen molar-refractivity contribution in [3.05, 3.63) is 120 Å². The number of hydrogen-bond donors (Lipinski definition) is 1. The van der Waals surface area contributed by atoms with Crippen molar-refractivity contribution in [2.24, 2.45) is 0 Å². The topological polar surface area (TPSA) is 41.9 Å². The van der Waals surface area contributed by atoms with E-state index in [4.69, 9.17) is 4.74 Å². The Morgan fingerprint density at radius 2 is 1.36 bits per heavy atom. The van der Waals surface area contributed by atoms with E-state index in [0.29, 0.717) is 17.2 Å². The molecule has 0 fully saturated rings. The largest absolute Gasteiger partial charge is 0.573 e. The number of halogens is 6. The van der Waals surface area contributed by atoms with E-state index < -0.39 is 36.5 Å². The highest BCUT2D eigenvalue weighted by atomic mass is 19.4. The quantitative estimate of drug-likeness (QED) is 0.215. The molecule has 1 unspecified atom stereocenters. The Labute approximate surface area is 220 Å². The molecule has 0 saturated carbocycles. The normalized spacial score (nSPS) is 12.6. The highest BCUT2D eigenvalue weighted by Crippen LogP contribution is 2.40. The monoisotopic (exact) mass is 547 g/mol. The van der Waals surface area contributed by atoms with Crippen molar-refractivity contribution in [2.45, 2.75) is 25.1 Å². The molecule has 0 radical (unpaired) electrons. The summed E-state index contributed by atoms with van der Waals surface area (Å²) < 4.78 is 91.1. The van der Waals surface area contributed by atoms with Crippen LogP contribution in [-0.4, -0.2) is 18.1 Å². The first-order chi connectivity index (χ1) is 18.5. The molecular weight excluding hydrogens is 524 g/mol. The fourth-order valence-electron chi connectivity index (χ4n) is 4.18. The summed E-state index contributed by atoms with van der Waals surface area (Å²) >= 11 is 0. The van der Waals surface area contributed by atoms with Crippen LogP contribution in [0, 0.1) is 0 Å². The molecule has 0 aliphatic heterocycles. The van der Waals surface area contributed by atoms with Gasteiger partial charge in [0.25, 0.3) is 0 Å². The van der Waals surface area contributed by atoms with Crippen molar-refractivity contribution in [3.63, 3.8) is 0 Å². The first-order valence-corrected chi connectivity index (χ1v) is 11.8. The SMILES string of the molecule is OCC(c1ccccc1C(F)(F)F)N(Cc1ccccc1OC(F)(F)F)c1cccc(Oc2ccccc2)c1. The van der Waals surface area contributed by atoms with Crippen LogP contribution >= 0.6 is 0 Å². The third kappa shape index (κ3) is 7.23. The maximum atomic E-state index is 13.9. The molecule has 204 valence electrons. The fraction of sp³-hybridized carbons (Fsp3) is 0.172. The van der Waals surface area contributed by atoms with Crippen molar-refractivity contribution in [1.82, 2.24) is 0 Å². The minimum absolute atomic E-state index is 0.0483. The van der Waals surface area contributed by atoms with Gasteiger partial charge in [-0.05, 0) is 42.0 Å². The summed E-state index contributed by atoms with van der Waals surface area (Å²) in [6, 6.07) is 23.9. The van der Waals surface area contributed by atoms with Gasteiger partial charge in [-0.25, -0.2) is 0 Å². The predicted molar refractivity (Wildman–Crippen MR) is 134 cm³/mol. The summed E-state index contributed by atoms with van der Waals surface area (Å²) in [6.45, 7) is -1.09. The summed E-state index contributed by atoms with van der Waals surface area (Å²) in [5.74, 6) is 0.336. The Balaban J connectivity index is 1.81. The molecule has 1 N–H and O–H groups in total. The predicted octanol–water partition coefficient (Wildman–Crippen LogP) is 8.14. The number of anilines is 1. The van der Waals surface area contributed by atoms with Gasteiger partial charge in [0.2, 0.25) is 0 Å². The number of ether oxygens (including phenoxy) is 2. The maximum Gasteiger partial charge on any atom is 0.573 e. The zero-order valence-corrected chi connectivity index (χ0v) is 20.3. The highest BCUT2D eigenvalue weighted by molar-refractivity contribution is 5.55. The van der Waals surface area contributed by atoms with E-state index in [-0.39, 0.29) is 17.7 Å². The van der Waals surface area contributed by atoms with Crippen LogP contribution in [0.3, 0.4) is 0 Å². The first-order valence-electron chi connectivity index (χ1n) is 11.8. The molecule has 0 aliphatic carbocycles. The van der Waals surface area contributed by atoms with Gasteiger partial charge in [0, 0.05) is 23.9 Å². The number of aliphatic hydroxyl groups is 1. The van der Waals surface area contributed by atoms with Crippen LogP contribution in [0.15, 0.2) is 103 Å². The lowest BCUT2D eigenvalue weighted by Crippen LogP contribution is -2.33. The lowest BCUT2D eigenvalue weighted by Gasteiger charge is -2.35. The second kappa shape index (κ2) is 11.7. The molecule has 0 aromatic heterocycles. The zero-order valence-electron chi connectivity index (χ0n) is 20.3. The summed E-state index contributed by atoms with van der Waals surface area (Å²) in [5, 5.41) is 10.4. The smallest absolute Gasteiger partial charge is 0.457 e. The number of nitrogens with zero attached hydrogens (tertiary/aromatic N) is 1. The highest BCUT2D eigenvalue weighted by Gasteiger charge is 2.37. The molecule has 0 amide bonds. The molecular formula is C29H23F6NO3. The molecule has 0 heterocycles. The number of para-hydroxylation sites is 2. The van der Waals surface area contributed by atoms with Crippen LogP contribution in [-0.2, 0) is 12.7 Å². The van der Waals surface area contributed by atoms with E-state index in [9.17, 15) is 31.4 Å². The third-order valence-electron chi connectivity index (χ3n) is 5.84. The van der Waals surface area contributed by atoms with Crippen LogP contribution in [0.25, 0.3) is 0 Å². The van der Waals surface area contributed by atoms with Crippen molar-refractivity contribution in [3.8, 4) is 17.2 Å². The molecule has 39 heavy (non-hydrogen) atoms. The summed E-state index contributed by atoms with van der Waals surface area (Å²) in [7, 11) is 0. The molecule has 0 bridgehead atoms. The molecule has 0 spiro atoms. The van der Waals surface area contributed by atoms with Gasteiger partial charge in [0.15, 0.2) is 0 Å². The van der Waals surface area contributed by atoms with Crippen LogP contribution in [0.4, 0.5) is 32.0 Å². The van der Waals surface area contributed by atoms with E-state index in [2.05, 4.69) is 4.74 Å². The second-order valence-electron chi connectivity index (χ2n) is 8.48. The van der Waals surface area contributed by atoms with Gasteiger partial charge in [-0.15, -0.1) is 13.2 Å². The number of aliphatic hydroxyl groups excluding tert-OH is 1. The van der Waals surface area contributed by atoms with E-state index in [1.165, 1.54) is 41.3 Å². The van der Waals surface area contributed by atoms with Crippen LogP contribution in [0.2, 0.25) is 0 Å². The molecule has 4 rings (SSSR count). The Morgan fingerprint density at radius 3 is 2.05 bits per heavy atom. The Bertz CT molecular complexity index is 1380. The number of rotatable bonds is 9. The summed E-state index contributed by atoms with van der Waals surface area (Å²) in [6.07, 6.45) is -9.71. The number of hydrogen-bond acceptors (Lipinski definition) is 4. The molecule has 0 aliphatic rings. The van der Waals surface area contributed by atoms with Gasteiger partial charge in [0.1, 0.15) is 17.2 Å². The average molecular weight is 547 g/mol. The second-order valence-corrected chi connectivity index (χ2v) is 8.48. The van der Waals surface area contributed by atoms with Gasteiger partial charge in [-0.2, -0.15) is 13.2 Å². The molecule has 4 nitrogen and oxygen atoms in total. The maximum absolute atomic E-state index is 13.9. The van der Waals surface area contributed by atoms with Crippen molar-refractivity contribution < 1.29 is 40.9 Å². The van der Waals surface area contributed by atoms with Crippen molar-refractivity contribution in [1.29, 1.82) is 0 Å². The van der Waals surface area contributed by atoms with E-state index in [1.54, 1.807) is 54.6 Å². The molecule has 1 atom stereocenters. The first kappa shape index (κ1) is 27.8. The zero-order chi connectivity index (χ0) is 28.0. The molecule has 4 aromatic carbocycles. The van der Waals surface area contributed by atoms with Gasteiger partial charge in [-0.1, -0.05) is 60.7 Å². The standard InChI is InChI=1S/C29H23F6NO3/c30-28(31,32)25-15-6-5-14-24(25)26(19-37)36(18-20-9-4-7-16-27(20)39-29(33,34)35)21-10-8-13-23(17-21)38-22-11-2-1-3-12-22/h1-17,26,37H,18-19H2. The van der Waals surface area contributed by atoms with Crippen LogP contribution in [0.5, 0.6) is 17.2 Å². The molecule has 4 aromatic rings. The Morgan fingerprint density at radius 1 is 0.718 bits per heavy atom. The third-order valence-corrected chi connectivity index (χ3v) is 5.84. The average Bonchev–Trinajstić information content (AvgIpc) is 2.89. The minimum atomic E-state index is -4.98. The van der Waals surface area contributed by atoms with Gasteiger partial charge < -0.3 is 19.5 Å². The summed E-state index contributed by atoms with van der Waals surface area (Å²) in [4.78, 5) is 1.39. The molecule has 0 saturated heterocycles. The minimum Gasteiger partial charge on any atom is -0.457 e. The van der Waals surface area contributed by atoms with Crippen LogP contribution < -0.4 is 14.4 Å². The van der Waals surface area contributed by atoms with Gasteiger partial charge in [0.05, 0.1) is 18.2 Å². The number of alkyl halides is 6. The fourth-order valence-corrected chi connectivity index (χ4v) is 4.18. The van der Waals surface area contributed by atoms with Gasteiger partial charge in [-0.3, -0.25) is 0 Å². The van der Waals surface area contributed by atoms with Crippen molar-refractivity contribution >= 4 is 5.69 Å². The Hall–Kier alpha value is -4.18. The van der Waals surface area contributed by atoms with E-state index >= 15 is 0 Å².